The number of hydrogen-bond acceptors (Lipinski definition) is 6. The van der Waals surface area contributed by atoms with E-state index in [1.54, 1.807) is 0 Å². The number of carboxylic acid groups (broad SMARTS) is 1. The van der Waals surface area contributed by atoms with E-state index >= 15 is 0 Å². The number of imide groups is 1. The minimum atomic E-state index is -4.26. The predicted octanol–water partition coefficient (Wildman–Crippen LogP) is 3.71. The van der Waals surface area contributed by atoms with Gasteiger partial charge in [0.2, 0.25) is 11.8 Å². The van der Waals surface area contributed by atoms with Crippen molar-refractivity contribution in [2.45, 2.75) is 28.4 Å². The number of nitrogens with zero attached hydrogens (tertiary/aromatic N) is 2. The highest BCUT2D eigenvalue weighted by Gasteiger charge is 2.43. The van der Waals surface area contributed by atoms with Gasteiger partial charge in [-0.05, 0) is 36.4 Å². The van der Waals surface area contributed by atoms with Gasteiger partial charge in [0, 0.05) is 12.6 Å². The zero-order chi connectivity index (χ0) is 22.1. The molecule has 2 heterocycles. The van der Waals surface area contributed by atoms with E-state index in [2.05, 4.69) is 9.72 Å². The van der Waals surface area contributed by atoms with Gasteiger partial charge in [0.25, 0.3) is 5.63 Å². The molecule has 30 heavy (non-hydrogen) atoms. The maximum absolute atomic E-state index is 13.2. The van der Waals surface area contributed by atoms with Gasteiger partial charge < -0.3 is 9.84 Å². The number of aromatic nitrogens is 1. The van der Waals surface area contributed by atoms with E-state index in [1.807, 2.05) is 0 Å². The van der Waals surface area contributed by atoms with Crippen molar-refractivity contribution in [1.82, 2.24) is 4.98 Å². The normalized spacial score (nSPS) is 17.9. The Labute approximate surface area is 176 Å². The number of carbonyl (C=O) groups is 3. The van der Waals surface area contributed by atoms with Crippen molar-refractivity contribution in [1.29, 1.82) is 0 Å². The third-order valence-corrected chi connectivity index (χ3v) is 5.42. The first-order chi connectivity index (χ1) is 14.1. The number of anilines is 1. The molecule has 2 atom stereocenters. The predicted molar refractivity (Wildman–Crippen MR) is 101 cm³/mol. The van der Waals surface area contributed by atoms with E-state index in [1.165, 1.54) is 30.5 Å². The molecule has 1 aliphatic heterocycles. The number of carboxylic acids is 1. The highest BCUT2D eigenvalue weighted by Crippen LogP contribution is 2.35. The number of ether oxygens (including phenoxy) is 1. The van der Waals surface area contributed by atoms with Gasteiger partial charge in [0.05, 0.1) is 16.5 Å². The lowest BCUT2D eigenvalue weighted by Gasteiger charge is -2.19. The third-order valence-electron chi connectivity index (χ3n) is 3.96. The summed E-state index contributed by atoms with van der Waals surface area (Å²) in [6.07, 6.45) is -3.09. The number of halogens is 4. The van der Waals surface area contributed by atoms with E-state index in [0.29, 0.717) is 0 Å². The minimum Gasteiger partial charge on any atom is -0.478 e. The van der Waals surface area contributed by atoms with Crippen molar-refractivity contribution in [3.8, 4) is 5.75 Å². The molecule has 7 nitrogen and oxygen atoms in total. The molecule has 0 unspecified atom stereocenters. The van der Waals surface area contributed by atoms with Gasteiger partial charge in [0.15, 0.2) is 0 Å². The Morgan fingerprint density at radius 1 is 1.30 bits per heavy atom. The average molecular weight is 461 g/mol. The van der Waals surface area contributed by atoms with Crippen LogP contribution in [0.5, 0.6) is 5.75 Å². The van der Waals surface area contributed by atoms with Crippen molar-refractivity contribution < 1.29 is 37.4 Å². The summed E-state index contributed by atoms with van der Waals surface area (Å²) in [6.45, 7) is 0. The maximum Gasteiger partial charge on any atom is 0.444 e. The van der Waals surface area contributed by atoms with Crippen molar-refractivity contribution >= 4 is 46.8 Å². The lowest BCUT2D eigenvalue weighted by molar-refractivity contribution is -0.199. The second-order valence-electron chi connectivity index (χ2n) is 6.00. The standard InChI is InChI=1S/C18H12ClF3N2O5S/c19-17(20)18(21,22)29-10-5-3-9(4-6-10)24-13(25)8-12(15(24)26)30-14-11(16(27)28)2-1-7-23-14/h1-7,12,17H,8H2,(H,27,28)/t12-,17+/m0/s1. The van der Waals surface area contributed by atoms with Crippen LogP contribution in [0, 0.1) is 0 Å². The average Bonchev–Trinajstić information content (AvgIpc) is 2.95. The van der Waals surface area contributed by atoms with Crippen LogP contribution in [0.15, 0.2) is 47.6 Å². The minimum absolute atomic E-state index is 0.0887. The number of aromatic carboxylic acids is 1. The molecular formula is C18H12ClF3N2O5S. The number of rotatable bonds is 7. The van der Waals surface area contributed by atoms with Gasteiger partial charge in [0.1, 0.15) is 10.8 Å². The third kappa shape index (κ3) is 4.51. The second kappa shape index (κ2) is 8.52. The van der Waals surface area contributed by atoms with Crippen molar-refractivity contribution in [3.63, 3.8) is 0 Å². The van der Waals surface area contributed by atoms with Crippen LogP contribution in [0.4, 0.5) is 18.9 Å². The van der Waals surface area contributed by atoms with E-state index in [-0.39, 0.29) is 22.7 Å². The topological polar surface area (TPSA) is 96.8 Å². The molecular weight excluding hydrogens is 449 g/mol. The first kappa shape index (κ1) is 21.9. The summed E-state index contributed by atoms with van der Waals surface area (Å²) in [4.78, 5) is 41.1. The monoisotopic (exact) mass is 460 g/mol. The maximum atomic E-state index is 13.2. The van der Waals surface area contributed by atoms with Gasteiger partial charge in [-0.15, -0.1) is 0 Å². The SMILES string of the molecule is O=C(O)c1cccnc1S[C@H]1CC(=O)N(c2ccc(OC(F)(F)[C@@H](F)Cl)cc2)C1=O. The first-order valence-corrected chi connectivity index (χ1v) is 9.58. The first-order valence-electron chi connectivity index (χ1n) is 8.27. The van der Waals surface area contributed by atoms with Crippen molar-refractivity contribution in [2.75, 3.05) is 4.90 Å². The van der Waals surface area contributed by atoms with Crippen LogP contribution in [-0.2, 0) is 9.59 Å². The Bertz CT molecular complexity index is 990. The van der Waals surface area contributed by atoms with Crippen LogP contribution in [0.3, 0.4) is 0 Å². The number of thioether (sulfide) groups is 1. The fraction of sp³-hybridized carbons (Fsp3) is 0.222. The molecule has 0 aliphatic carbocycles. The van der Waals surface area contributed by atoms with E-state index in [0.717, 1.165) is 28.8 Å². The van der Waals surface area contributed by atoms with Gasteiger partial charge in [-0.3, -0.25) is 9.59 Å². The van der Waals surface area contributed by atoms with Crippen LogP contribution >= 0.6 is 23.4 Å². The summed E-state index contributed by atoms with van der Waals surface area (Å²) in [6, 6.07) is 7.19. The molecule has 2 amide bonds. The second-order valence-corrected chi connectivity index (χ2v) is 7.57. The lowest BCUT2D eigenvalue weighted by atomic mass is 10.3. The molecule has 158 valence electrons. The molecule has 1 N–H and O–H groups in total. The van der Waals surface area contributed by atoms with Crippen molar-refractivity contribution in [2.24, 2.45) is 0 Å². The quantitative estimate of drug-likeness (QED) is 0.497. The Kier molecular flexibility index (Phi) is 6.22. The van der Waals surface area contributed by atoms with Crippen molar-refractivity contribution in [3.05, 3.63) is 48.2 Å². The van der Waals surface area contributed by atoms with Gasteiger partial charge >= 0.3 is 12.1 Å². The van der Waals surface area contributed by atoms with E-state index in [9.17, 15) is 32.7 Å². The molecule has 3 rings (SSSR count). The molecule has 0 radical (unpaired) electrons. The Hall–Kier alpha value is -2.79. The van der Waals surface area contributed by atoms with Gasteiger partial charge in [-0.25, -0.2) is 19.1 Å². The lowest BCUT2D eigenvalue weighted by Crippen LogP contribution is -2.33. The molecule has 0 spiro atoms. The highest BCUT2D eigenvalue weighted by molar-refractivity contribution is 8.00. The van der Waals surface area contributed by atoms with Gasteiger partial charge in [-0.1, -0.05) is 23.4 Å². The van der Waals surface area contributed by atoms with Crippen LogP contribution in [-0.4, -0.2) is 44.9 Å². The Morgan fingerprint density at radius 3 is 2.57 bits per heavy atom. The number of alkyl halides is 4. The fourth-order valence-corrected chi connectivity index (χ4v) is 3.76. The molecule has 1 aliphatic rings. The summed E-state index contributed by atoms with van der Waals surface area (Å²) < 4.78 is 43.2. The molecule has 1 aromatic heterocycles. The van der Waals surface area contributed by atoms with Crippen LogP contribution in [0.25, 0.3) is 0 Å². The molecule has 12 heteroatoms. The molecule has 1 fully saturated rings. The number of amides is 2. The number of pyridine rings is 1. The van der Waals surface area contributed by atoms with E-state index < -0.39 is 40.5 Å². The highest BCUT2D eigenvalue weighted by atomic mass is 35.5. The molecule has 0 saturated carbocycles. The summed E-state index contributed by atoms with van der Waals surface area (Å²) in [5.41, 5.74) is -3.07. The largest absolute Gasteiger partial charge is 0.478 e. The molecule has 1 aromatic carbocycles. The smallest absolute Gasteiger partial charge is 0.444 e. The summed E-state index contributed by atoms with van der Waals surface area (Å²) in [5, 5.41) is 8.40. The molecule has 2 aromatic rings. The summed E-state index contributed by atoms with van der Waals surface area (Å²) in [5.74, 6) is -2.82. The summed E-state index contributed by atoms with van der Waals surface area (Å²) in [7, 11) is 0. The number of benzene rings is 1. The number of carbonyl (C=O) groups excluding carboxylic acids is 2. The Balaban J connectivity index is 1.76. The van der Waals surface area contributed by atoms with Crippen LogP contribution in [0.1, 0.15) is 16.8 Å². The van der Waals surface area contributed by atoms with Crippen LogP contribution in [0.2, 0.25) is 0 Å². The fourth-order valence-electron chi connectivity index (χ4n) is 2.61. The Morgan fingerprint density at radius 2 is 1.97 bits per heavy atom. The zero-order valence-electron chi connectivity index (χ0n) is 14.8. The number of hydrogen-bond donors (Lipinski definition) is 1. The zero-order valence-corrected chi connectivity index (χ0v) is 16.4. The van der Waals surface area contributed by atoms with Gasteiger partial charge in [-0.2, -0.15) is 8.78 Å². The van der Waals surface area contributed by atoms with Crippen LogP contribution < -0.4 is 9.64 Å². The molecule has 1 saturated heterocycles. The van der Waals surface area contributed by atoms with E-state index in [4.69, 9.17) is 11.6 Å². The summed E-state index contributed by atoms with van der Waals surface area (Å²) >= 11 is 5.57. The molecule has 0 bridgehead atoms.